The fraction of sp³-hybridized carbons (Fsp3) is 0.533. The minimum absolute atomic E-state index is 0.111. The molecule has 0 amide bonds. The van der Waals surface area contributed by atoms with Gasteiger partial charge in [-0.15, -0.1) is 0 Å². The van der Waals surface area contributed by atoms with Crippen molar-refractivity contribution in [3.8, 4) is 0 Å². The maximum atomic E-state index is 11.5. The molecule has 0 fully saturated rings. The molecule has 1 aromatic carbocycles. The lowest BCUT2D eigenvalue weighted by molar-refractivity contribution is -0.143. The van der Waals surface area contributed by atoms with Crippen LogP contribution < -0.4 is 0 Å². The topological polar surface area (TPSA) is 57.5 Å². The zero-order chi connectivity index (χ0) is 13.2. The van der Waals surface area contributed by atoms with Crippen LogP contribution in [0.5, 0.6) is 0 Å². The summed E-state index contributed by atoms with van der Waals surface area (Å²) in [7, 11) is 0. The van der Waals surface area contributed by atoms with Crippen molar-refractivity contribution in [2.45, 2.75) is 44.4 Å². The number of carboxylic acid groups (broad SMARTS) is 1. The van der Waals surface area contributed by atoms with E-state index >= 15 is 0 Å². The Morgan fingerprint density at radius 3 is 2.56 bits per heavy atom. The highest BCUT2D eigenvalue weighted by Gasteiger charge is 2.35. The maximum Gasteiger partial charge on any atom is 0.313 e. The Balaban J connectivity index is 2.39. The standard InChI is InChI=1S/C15H20O3/c1-15(8-9-16,14(17)18)13-7-6-11-4-2-3-5-12(11)10-13/h6-7,10,16H,2-5,8-9H2,1H3,(H,17,18). The van der Waals surface area contributed by atoms with Crippen molar-refractivity contribution in [1.82, 2.24) is 0 Å². The van der Waals surface area contributed by atoms with Gasteiger partial charge in [0.05, 0.1) is 5.41 Å². The number of carboxylic acids is 1. The number of hydrogen-bond acceptors (Lipinski definition) is 2. The zero-order valence-corrected chi connectivity index (χ0v) is 10.8. The molecule has 0 spiro atoms. The minimum Gasteiger partial charge on any atom is -0.481 e. The van der Waals surface area contributed by atoms with Gasteiger partial charge < -0.3 is 10.2 Å². The van der Waals surface area contributed by atoms with Gasteiger partial charge in [-0.3, -0.25) is 4.79 Å². The van der Waals surface area contributed by atoms with Crippen molar-refractivity contribution in [3.05, 3.63) is 34.9 Å². The average molecular weight is 248 g/mol. The zero-order valence-electron chi connectivity index (χ0n) is 10.8. The lowest BCUT2D eigenvalue weighted by Crippen LogP contribution is -2.33. The first kappa shape index (κ1) is 13.1. The molecule has 1 aliphatic carbocycles. The number of benzene rings is 1. The van der Waals surface area contributed by atoms with E-state index in [1.54, 1.807) is 6.92 Å². The summed E-state index contributed by atoms with van der Waals surface area (Å²) >= 11 is 0. The van der Waals surface area contributed by atoms with E-state index in [-0.39, 0.29) is 13.0 Å². The predicted molar refractivity (Wildman–Crippen MR) is 69.8 cm³/mol. The molecule has 3 nitrogen and oxygen atoms in total. The van der Waals surface area contributed by atoms with Gasteiger partial charge in [-0.25, -0.2) is 0 Å². The summed E-state index contributed by atoms with van der Waals surface area (Å²) < 4.78 is 0. The van der Waals surface area contributed by atoms with E-state index < -0.39 is 11.4 Å². The summed E-state index contributed by atoms with van der Waals surface area (Å²) in [5.41, 5.74) is 2.46. The largest absolute Gasteiger partial charge is 0.481 e. The van der Waals surface area contributed by atoms with E-state index in [0.29, 0.717) is 0 Å². The molecule has 0 saturated heterocycles. The lowest BCUT2D eigenvalue weighted by Gasteiger charge is -2.26. The molecule has 3 heteroatoms. The highest BCUT2D eigenvalue weighted by Crippen LogP contribution is 2.31. The SMILES string of the molecule is CC(CCO)(C(=O)O)c1ccc2c(c1)CCCC2. The van der Waals surface area contributed by atoms with Crippen LogP contribution in [-0.2, 0) is 23.1 Å². The van der Waals surface area contributed by atoms with Gasteiger partial charge in [-0.1, -0.05) is 18.2 Å². The molecule has 18 heavy (non-hydrogen) atoms. The predicted octanol–water partition coefficient (Wildman–Crippen LogP) is 2.29. The molecule has 0 bridgehead atoms. The molecule has 1 aliphatic rings. The second-order valence-corrected chi connectivity index (χ2v) is 5.30. The van der Waals surface area contributed by atoms with Crippen molar-refractivity contribution in [2.24, 2.45) is 0 Å². The number of rotatable bonds is 4. The normalized spacial score (nSPS) is 17.9. The van der Waals surface area contributed by atoms with Crippen LogP contribution in [0.25, 0.3) is 0 Å². The molecule has 1 atom stereocenters. The van der Waals surface area contributed by atoms with E-state index in [0.717, 1.165) is 18.4 Å². The van der Waals surface area contributed by atoms with Gasteiger partial charge in [0, 0.05) is 6.61 Å². The maximum absolute atomic E-state index is 11.5. The summed E-state index contributed by atoms with van der Waals surface area (Å²) in [6.07, 6.45) is 4.79. The van der Waals surface area contributed by atoms with Gasteiger partial charge in [0.2, 0.25) is 0 Å². The Hall–Kier alpha value is -1.35. The first-order valence-corrected chi connectivity index (χ1v) is 6.54. The quantitative estimate of drug-likeness (QED) is 0.859. The van der Waals surface area contributed by atoms with E-state index in [1.165, 1.54) is 24.0 Å². The lowest BCUT2D eigenvalue weighted by atomic mass is 9.77. The monoisotopic (exact) mass is 248 g/mol. The second kappa shape index (κ2) is 5.11. The van der Waals surface area contributed by atoms with Crippen molar-refractivity contribution in [2.75, 3.05) is 6.61 Å². The second-order valence-electron chi connectivity index (χ2n) is 5.30. The van der Waals surface area contributed by atoms with Crippen LogP contribution in [0.4, 0.5) is 0 Å². The average Bonchev–Trinajstić information content (AvgIpc) is 2.38. The first-order valence-electron chi connectivity index (χ1n) is 6.54. The number of aliphatic hydroxyl groups is 1. The molecule has 0 radical (unpaired) electrons. The fourth-order valence-corrected chi connectivity index (χ4v) is 2.68. The molecule has 2 N–H and O–H groups in total. The van der Waals surface area contributed by atoms with Crippen LogP contribution in [0.2, 0.25) is 0 Å². The van der Waals surface area contributed by atoms with Crippen LogP contribution in [0, 0.1) is 0 Å². The molecular weight excluding hydrogens is 228 g/mol. The number of aryl methyl sites for hydroxylation is 2. The third-order valence-corrected chi connectivity index (χ3v) is 4.07. The van der Waals surface area contributed by atoms with Crippen LogP contribution in [0.1, 0.15) is 42.9 Å². The summed E-state index contributed by atoms with van der Waals surface area (Å²) in [5.74, 6) is -0.868. The smallest absolute Gasteiger partial charge is 0.313 e. The van der Waals surface area contributed by atoms with Gasteiger partial charge >= 0.3 is 5.97 Å². The number of aliphatic carboxylic acids is 1. The number of fused-ring (bicyclic) bond motifs is 1. The Bertz CT molecular complexity index is 453. The van der Waals surface area contributed by atoms with Crippen molar-refractivity contribution in [3.63, 3.8) is 0 Å². The van der Waals surface area contributed by atoms with Gasteiger partial charge in [-0.2, -0.15) is 0 Å². The molecule has 0 aliphatic heterocycles. The highest BCUT2D eigenvalue weighted by atomic mass is 16.4. The van der Waals surface area contributed by atoms with Crippen LogP contribution >= 0.6 is 0 Å². The molecule has 0 heterocycles. The number of carbonyl (C=O) groups is 1. The van der Waals surface area contributed by atoms with Gasteiger partial charge in [0.1, 0.15) is 0 Å². The summed E-state index contributed by atoms with van der Waals surface area (Å²) in [6, 6.07) is 5.99. The van der Waals surface area contributed by atoms with E-state index in [9.17, 15) is 9.90 Å². The number of hydrogen-bond donors (Lipinski definition) is 2. The molecule has 0 saturated carbocycles. The van der Waals surface area contributed by atoms with E-state index in [2.05, 4.69) is 6.07 Å². The first-order chi connectivity index (χ1) is 8.58. The van der Waals surface area contributed by atoms with Gasteiger partial charge in [-0.05, 0) is 55.7 Å². The van der Waals surface area contributed by atoms with Crippen LogP contribution in [0.3, 0.4) is 0 Å². The Morgan fingerprint density at radius 1 is 1.28 bits per heavy atom. The van der Waals surface area contributed by atoms with Crippen LogP contribution in [0.15, 0.2) is 18.2 Å². The Kier molecular flexibility index (Phi) is 3.71. The van der Waals surface area contributed by atoms with E-state index in [1.807, 2.05) is 12.1 Å². The number of aliphatic hydroxyl groups excluding tert-OH is 1. The summed E-state index contributed by atoms with van der Waals surface area (Å²) in [5, 5.41) is 18.5. The molecule has 98 valence electrons. The van der Waals surface area contributed by atoms with Crippen molar-refractivity contribution >= 4 is 5.97 Å². The van der Waals surface area contributed by atoms with Gasteiger partial charge in [0.15, 0.2) is 0 Å². The Morgan fingerprint density at radius 2 is 1.94 bits per heavy atom. The minimum atomic E-state index is -0.985. The Labute approximate surface area is 107 Å². The van der Waals surface area contributed by atoms with Gasteiger partial charge in [0.25, 0.3) is 0 Å². The molecular formula is C15H20O3. The highest BCUT2D eigenvalue weighted by molar-refractivity contribution is 5.81. The van der Waals surface area contributed by atoms with E-state index in [4.69, 9.17) is 5.11 Å². The molecule has 1 aromatic rings. The third-order valence-electron chi connectivity index (χ3n) is 4.07. The van der Waals surface area contributed by atoms with Crippen molar-refractivity contribution < 1.29 is 15.0 Å². The summed E-state index contributed by atoms with van der Waals surface area (Å²) in [4.78, 5) is 11.5. The fourth-order valence-electron chi connectivity index (χ4n) is 2.68. The summed E-state index contributed by atoms with van der Waals surface area (Å²) in [6.45, 7) is 1.58. The molecule has 0 aromatic heterocycles. The third kappa shape index (κ3) is 2.27. The molecule has 2 rings (SSSR count). The molecule has 1 unspecified atom stereocenters. The van der Waals surface area contributed by atoms with Crippen LogP contribution in [-0.4, -0.2) is 22.8 Å². The van der Waals surface area contributed by atoms with Crippen molar-refractivity contribution in [1.29, 1.82) is 0 Å².